The van der Waals surface area contributed by atoms with Crippen molar-refractivity contribution in [2.45, 2.75) is 38.8 Å². The molecule has 0 saturated heterocycles. The average Bonchev–Trinajstić information content (AvgIpc) is 2.99. The van der Waals surface area contributed by atoms with Gasteiger partial charge in [-0.1, -0.05) is 13.8 Å². The Balaban J connectivity index is 2.14. The Labute approximate surface area is 119 Å². The summed E-state index contributed by atoms with van der Waals surface area (Å²) in [6.07, 6.45) is 7.17. The first kappa shape index (κ1) is 14.7. The fraction of sp³-hybridized carbons (Fsp3) is 0.467. The predicted molar refractivity (Wildman–Crippen MR) is 79.1 cm³/mol. The maximum atomic E-state index is 9.60. The molecule has 0 fully saturated rings. The Kier molecular flexibility index (Phi) is 4.87. The van der Waals surface area contributed by atoms with E-state index < -0.39 is 0 Å². The molecule has 0 radical (unpaired) electrons. The van der Waals surface area contributed by atoms with Crippen molar-refractivity contribution in [3.63, 3.8) is 0 Å². The first-order valence-corrected chi connectivity index (χ1v) is 7.03. The van der Waals surface area contributed by atoms with E-state index in [0.717, 1.165) is 29.7 Å². The number of H-pyrrole nitrogens is 1. The number of aromatic nitrogens is 3. The van der Waals surface area contributed by atoms with E-state index >= 15 is 0 Å². The summed E-state index contributed by atoms with van der Waals surface area (Å²) in [6.45, 7) is 4.98. The molecule has 2 heterocycles. The second-order valence-corrected chi connectivity index (χ2v) is 5.01. The zero-order valence-corrected chi connectivity index (χ0v) is 12.1. The standard InChI is InChI=1S/C15H22N4O/c1-3-15(4-2,11-20)17-9-13-10-18-19-14(13)12-6-5-7-16-8-12/h5-8,10,17,20H,3-4,9,11H2,1-2H3,(H,18,19). The summed E-state index contributed by atoms with van der Waals surface area (Å²) in [7, 11) is 0. The highest BCUT2D eigenvalue weighted by atomic mass is 16.3. The van der Waals surface area contributed by atoms with Gasteiger partial charge in [0, 0.05) is 35.6 Å². The summed E-state index contributed by atoms with van der Waals surface area (Å²) in [5.74, 6) is 0. The fourth-order valence-corrected chi connectivity index (χ4v) is 2.27. The van der Waals surface area contributed by atoms with Gasteiger partial charge in [-0.25, -0.2) is 0 Å². The van der Waals surface area contributed by atoms with Crippen LogP contribution in [0.5, 0.6) is 0 Å². The Bertz CT molecular complexity index is 511. The molecule has 2 aromatic heterocycles. The van der Waals surface area contributed by atoms with Gasteiger partial charge < -0.3 is 10.4 Å². The molecule has 0 unspecified atom stereocenters. The highest BCUT2D eigenvalue weighted by Gasteiger charge is 2.24. The average molecular weight is 274 g/mol. The van der Waals surface area contributed by atoms with Crippen molar-refractivity contribution in [2.24, 2.45) is 0 Å². The monoisotopic (exact) mass is 274 g/mol. The number of hydrogen-bond donors (Lipinski definition) is 3. The van der Waals surface area contributed by atoms with Gasteiger partial charge >= 0.3 is 0 Å². The third kappa shape index (κ3) is 3.05. The highest BCUT2D eigenvalue weighted by Crippen LogP contribution is 2.21. The summed E-state index contributed by atoms with van der Waals surface area (Å²) in [4.78, 5) is 4.13. The molecule has 0 saturated carbocycles. The van der Waals surface area contributed by atoms with Crippen LogP contribution in [0.3, 0.4) is 0 Å². The van der Waals surface area contributed by atoms with E-state index in [1.807, 2.05) is 24.5 Å². The van der Waals surface area contributed by atoms with E-state index in [4.69, 9.17) is 0 Å². The lowest BCUT2D eigenvalue weighted by atomic mass is 9.93. The van der Waals surface area contributed by atoms with Gasteiger partial charge in [-0.2, -0.15) is 5.10 Å². The molecule has 0 aliphatic carbocycles. The van der Waals surface area contributed by atoms with Gasteiger partial charge in [0.05, 0.1) is 18.5 Å². The second-order valence-electron chi connectivity index (χ2n) is 5.01. The molecule has 0 amide bonds. The van der Waals surface area contributed by atoms with Crippen molar-refractivity contribution < 1.29 is 5.11 Å². The van der Waals surface area contributed by atoms with Gasteiger partial charge in [-0.05, 0) is 25.0 Å². The predicted octanol–water partition coefficient (Wildman–Crippen LogP) is 2.11. The zero-order chi connectivity index (χ0) is 14.4. The first-order valence-electron chi connectivity index (χ1n) is 7.03. The van der Waals surface area contributed by atoms with Gasteiger partial charge in [0.25, 0.3) is 0 Å². The summed E-state index contributed by atoms with van der Waals surface area (Å²) in [6, 6.07) is 3.91. The number of aliphatic hydroxyl groups is 1. The molecular weight excluding hydrogens is 252 g/mol. The summed E-state index contributed by atoms with van der Waals surface area (Å²) in [5.41, 5.74) is 2.86. The third-order valence-corrected chi connectivity index (χ3v) is 3.98. The minimum atomic E-state index is -0.219. The van der Waals surface area contributed by atoms with E-state index in [9.17, 15) is 5.11 Å². The van der Waals surface area contributed by atoms with Gasteiger partial charge in [0.1, 0.15) is 0 Å². The van der Waals surface area contributed by atoms with E-state index in [1.54, 1.807) is 6.20 Å². The van der Waals surface area contributed by atoms with Crippen LogP contribution in [0.15, 0.2) is 30.7 Å². The lowest BCUT2D eigenvalue weighted by Crippen LogP contribution is -2.47. The number of hydrogen-bond acceptors (Lipinski definition) is 4. The van der Waals surface area contributed by atoms with E-state index in [1.165, 1.54) is 0 Å². The molecule has 108 valence electrons. The topological polar surface area (TPSA) is 73.8 Å². The molecule has 3 N–H and O–H groups in total. The lowest BCUT2D eigenvalue weighted by Gasteiger charge is -2.30. The summed E-state index contributed by atoms with van der Waals surface area (Å²) in [5, 5.41) is 20.2. The molecule has 0 aliphatic rings. The smallest absolute Gasteiger partial charge is 0.0710 e. The molecule has 0 aromatic carbocycles. The summed E-state index contributed by atoms with van der Waals surface area (Å²) >= 11 is 0. The number of nitrogens with zero attached hydrogens (tertiary/aromatic N) is 2. The Morgan fingerprint density at radius 2 is 2.10 bits per heavy atom. The van der Waals surface area contributed by atoms with Crippen LogP contribution in [0, 0.1) is 0 Å². The molecule has 5 heteroatoms. The van der Waals surface area contributed by atoms with E-state index in [-0.39, 0.29) is 12.1 Å². The summed E-state index contributed by atoms with van der Waals surface area (Å²) < 4.78 is 0. The normalized spacial score (nSPS) is 11.8. The minimum absolute atomic E-state index is 0.139. The SMILES string of the molecule is CCC(CC)(CO)NCc1cn[nH]c1-c1cccnc1. The Hall–Kier alpha value is -1.72. The fourth-order valence-electron chi connectivity index (χ4n) is 2.27. The van der Waals surface area contributed by atoms with Crippen molar-refractivity contribution in [1.82, 2.24) is 20.5 Å². The lowest BCUT2D eigenvalue weighted by molar-refractivity contribution is 0.149. The molecule has 0 aliphatic heterocycles. The molecule has 20 heavy (non-hydrogen) atoms. The van der Waals surface area contributed by atoms with Crippen molar-refractivity contribution in [3.05, 3.63) is 36.3 Å². The number of aliphatic hydroxyl groups excluding tert-OH is 1. The Morgan fingerprint density at radius 1 is 1.30 bits per heavy atom. The quantitative estimate of drug-likeness (QED) is 0.723. The first-order chi connectivity index (χ1) is 9.74. The van der Waals surface area contributed by atoms with Crippen LogP contribution in [0.1, 0.15) is 32.3 Å². The number of nitrogens with one attached hydrogen (secondary N) is 2. The third-order valence-electron chi connectivity index (χ3n) is 3.98. The van der Waals surface area contributed by atoms with Crippen molar-refractivity contribution in [1.29, 1.82) is 0 Å². The van der Waals surface area contributed by atoms with Crippen LogP contribution in [0.2, 0.25) is 0 Å². The van der Waals surface area contributed by atoms with Crippen LogP contribution in [-0.2, 0) is 6.54 Å². The van der Waals surface area contributed by atoms with Crippen molar-refractivity contribution in [2.75, 3.05) is 6.61 Å². The maximum Gasteiger partial charge on any atom is 0.0710 e. The molecule has 2 aromatic rings. The van der Waals surface area contributed by atoms with Gasteiger partial charge in [-0.15, -0.1) is 0 Å². The van der Waals surface area contributed by atoms with Crippen LogP contribution in [0.4, 0.5) is 0 Å². The van der Waals surface area contributed by atoms with Gasteiger partial charge in [0.15, 0.2) is 0 Å². The molecule has 0 spiro atoms. The minimum Gasteiger partial charge on any atom is -0.394 e. The van der Waals surface area contributed by atoms with Crippen LogP contribution in [-0.4, -0.2) is 32.4 Å². The van der Waals surface area contributed by atoms with E-state index in [0.29, 0.717) is 6.54 Å². The molecule has 2 rings (SSSR count). The van der Waals surface area contributed by atoms with Crippen LogP contribution in [0.25, 0.3) is 11.3 Å². The second kappa shape index (κ2) is 6.63. The van der Waals surface area contributed by atoms with Crippen LogP contribution < -0.4 is 5.32 Å². The molecular formula is C15H22N4O. The van der Waals surface area contributed by atoms with Crippen molar-refractivity contribution in [3.8, 4) is 11.3 Å². The number of pyridine rings is 1. The van der Waals surface area contributed by atoms with E-state index in [2.05, 4.69) is 34.3 Å². The maximum absolute atomic E-state index is 9.60. The Morgan fingerprint density at radius 3 is 2.70 bits per heavy atom. The molecule has 0 bridgehead atoms. The van der Waals surface area contributed by atoms with Crippen LogP contribution >= 0.6 is 0 Å². The van der Waals surface area contributed by atoms with Crippen molar-refractivity contribution >= 4 is 0 Å². The number of rotatable bonds is 7. The number of aromatic amines is 1. The molecule has 0 atom stereocenters. The largest absolute Gasteiger partial charge is 0.394 e. The van der Waals surface area contributed by atoms with Gasteiger partial charge in [0.2, 0.25) is 0 Å². The highest BCUT2D eigenvalue weighted by molar-refractivity contribution is 5.61. The molecule has 5 nitrogen and oxygen atoms in total. The zero-order valence-electron chi connectivity index (χ0n) is 12.1. The van der Waals surface area contributed by atoms with Gasteiger partial charge in [-0.3, -0.25) is 10.1 Å².